The molecule has 4 aromatic rings. The Morgan fingerprint density at radius 1 is 0.842 bits per heavy atom. The summed E-state index contributed by atoms with van der Waals surface area (Å²) in [4.78, 5) is 12.6. The number of hydrogen-bond donors (Lipinski definition) is 0. The quantitative estimate of drug-likeness (QED) is 0.218. The summed E-state index contributed by atoms with van der Waals surface area (Å²) in [6.45, 7) is 5.71. The van der Waals surface area contributed by atoms with Gasteiger partial charge in [0, 0.05) is 12.0 Å². The lowest BCUT2D eigenvalue weighted by Gasteiger charge is -2.17. The molecule has 0 radical (unpaired) electrons. The highest BCUT2D eigenvalue weighted by Gasteiger charge is 2.27. The molecule has 0 saturated heterocycles. The van der Waals surface area contributed by atoms with E-state index in [1.807, 2.05) is 63.2 Å². The Morgan fingerprint density at radius 3 is 2.16 bits per heavy atom. The minimum absolute atomic E-state index is 0. The third kappa shape index (κ3) is 7.13. The molecule has 7 heteroatoms. The van der Waals surface area contributed by atoms with Gasteiger partial charge in [-0.3, -0.25) is 4.79 Å². The van der Waals surface area contributed by atoms with E-state index in [2.05, 4.69) is 0 Å². The molecule has 1 aromatic heterocycles. The van der Waals surface area contributed by atoms with Crippen LogP contribution in [0.3, 0.4) is 0 Å². The second-order valence-electron chi connectivity index (χ2n) is 10.1. The van der Waals surface area contributed by atoms with Crippen molar-refractivity contribution in [2.75, 3.05) is 12.9 Å². The van der Waals surface area contributed by atoms with Crippen LogP contribution in [0.15, 0.2) is 94.6 Å². The maximum atomic E-state index is 13.5. The minimum Gasteiger partial charge on any atom is -0.497 e. The van der Waals surface area contributed by atoms with Crippen molar-refractivity contribution in [2.45, 2.75) is 39.5 Å². The van der Waals surface area contributed by atoms with Gasteiger partial charge in [-0.1, -0.05) is 58.5 Å². The second-order valence-corrected chi connectivity index (χ2v) is 12.0. The fourth-order valence-corrected chi connectivity index (χ4v) is 5.43. The van der Waals surface area contributed by atoms with Gasteiger partial charge >= 0.3 is 0 Å². The van der Waals surface area contributed by atoms with Crippen LogP contribution >= 0.6 is 0 Å². The summed E-state index contributed by atoms with van der Waals surface area (Å²) in [7, 11) is -2.37. The normalized spacial score (nSPS) is 11.5. The van der Waals surface area contributed by atoms with Gasteiger partial charge in [0.25, 0.3) is 0 Å². The highest BCUT2D eigenvalue weighted by Crippen LogP contribution is 2.36. The van der Waals surface area contributed by atoms with E-state index < -0.39 is 15.6 Å². The molecule has 3 aromatic carbocycles. The van der Waals surface area contributed by atoms with E-state index >= 15 is 0 Å². The molecule has 0 aliphatic rings. The van der Waals surface area contributed by atoms with Crippen molar-refractivity contribution < 1.29 is 27.1 Å². The first-order valence-corrected chi connectivity index (χ1v) is 13.5. The molecular formula is C31H34O6S. The fourth-order valence-electron chi connectivity index (χ4n) is 4.03. The molecule has 0 fully saturated rings. The second kappa shape index (κ2) is 11.7. The molecule has 200 valence electrons. The summed E-state index contributed by atoms with van der Waals surface area (Å²) in [5.74, 6) is 0.448. The van der Waals surface area contributed by atoms with Gasteiger partial charge in [0.05, 0.1) is 19.6 Å². The monoisotopic (exact) mass is 534 g/mol. The summed E-state index contributed by atoms with van der Waals surface area (Å²) < 4.78 is 43.5. The Hall–Kier alpha value is -3.84. The van der Waals surface area contributed by atoms with E-state index in [1.165, 1.54) is 18.6 Å². The average Bonchev–Trinajstić information content (AvgIpc) is 3.38. The number of furan rings is 1. The molecule has 4 rings (SSSR count). The topological polar surface area (TPSA) is 82.8 Å². The number of rotatable bonds is 9. The number of carbonyl (C=O) groups excluding carboxylic acids is 1. The first kappa shape index (κ1) is 28.7. The van der Waals surface area contributed by atoms with Crippen LogP contribution < -0.4 is 9.47 Å². The average molecular weight is 535 g/mol. The summed E-state index contributed by atoms with van der Waals surface area (Å²) in [6.07, 6.45) is 3.22. The predicted molar refractivity (Wildman–Crippen MR) is 151 cm³/mol. The van der Waals surface area contributed by atoms with E-state index in [1.54, 1.807) is 31.4 Å². The van der Waals surface area contributed by atoms with E-state index in [4.69, 9.17) is 13.9 Å². The lowest BCUT2D eigenvalue weighted by Crippen LogP contribution is -2.21. The Morgan fingerprint density at radius 2 is 1.53 bits per heavy atom. The molecule has 0 bridgehead atoms. The summed E-state index contributed by atoms with van der Waals surface area (Å²) in [6, 6.07) is 21.7. The van der Waals surface area contributed by atoms with Crippen molar-refractivity contribution in [3.63, 3.8) is 0 Å². The van der Waals surface area contributed by atoms with Gasteiger partial charge in [-0.15, -0.1) is 0 Å². The van der Waals surface area contributed by atoms with Gasteiger partial charge in [-0.2, -0.15) is 0 Å². The zero-order valence-corrected chi connectivity index (χ0v) is 22.2. The molecule has 1 heterocycles. The molecule has 0 aliphatic heterocycles. The lowest BCUT2D eigenvalue weighted by atomic mass is 9.90. The molecule has 6 nitrogen and oxygen atoms in total. The number of ketones is 1. The predicted octanol–water partition coefficient (Wildman–Crippen LogP) is 7.83. The van der Waals surface area contributed by atoms with E-state index in [9.17, 15) is 13.2 Å². The molecule has 0 N–H and O–H groups in total. The highest BCUT2D eigenvalue weighted by molar-refractivity contribution is 7.92. The molecular weight excluding hydrogens is 500 g/mol. The number of ether oxygens (including phenoxy) is 2. The first-order valence-electron chi connectivity index (χ1n) is 11.9. The number of sulfone groups is 1. The molecule has 0 saturated carbocycles. The van der Waals surface area contributed by atoms with Crippen LogP contribution in [0.5, 0.6) is 17.2 Å². The molecule has 0 spiro atoms. The van der Waals surface area contributed by atoms with Gasteiger partial charge in [0.1, 0.15) is 33.7 Å². The third-order valence-electron chi connectivity index (χ3n) is 5.70. The van der Waals surface area contributed by atoms with Gasteiger partial charge < -0.3 is 13.9 Å². The van der Waals surface area contributed by atoms with Crippen LogP contribution in [-0.4, -0.2) is 27.1 Å². The van der Waals surface area contributed by atoms with Crippen LogP contribution in [-0.2, 0) is 14.6 Å². The van der Waals surface area contributed by atoms with E-state index in [0.29, 0.717) is 11.3 Å². The Labute approximate surface area is 225 Å². The van der Waals surface area contributed by atoms with Crippen molar-refractivity contribution in [1.29, 1.82) is 0 Å². The SMILES string of the molecule is C.COc1ccc(-c2cccc(Oc3ccc(-c4ccoc4)cc3S(=O)(=O)CC(=O)CC(C)(C)C)c2)cc1. The summed E-state index contributed by atoms with van der Waals surface area (Å²) in [5, 5.41) is 0. The van der Waals surface area contributed by atoms with E-state index in [-0.39, 0.29) is 35.7 Å². The zero-order chi connectivity index (χ0) is 26.6. The number of hydrogen-bond acceptors (Lipinski definition) is 6. The Kier molecular flexibility index (Phi) is 8.84. The zero-order valence-electron chi connectivity index (χ0n) is 21.4. The minimum atomic E-state index is -3.99. The smallest absolute Gasteiger partial charge is 0.189 e. The fraction of sp³-hybridized carbons (Fsp3) is 0.258. The van der Waals surface area contributed by atoms with E-state index in [0.717, 1.165) is 22.4 Å². The van der Waals surface area contributed by atoms with Crippen LogP contribution in [0.2, 0.25) is 0 Å². The molecule has 0 amide bonds. The van der Waals surface area contributed by atoms with Crippen molar-refractivity contribution in [3.8, 4) is 39.5 Å². The largest absolute Gasteiger partial charge is 0.497 e. The van der Waals surface area contributed by atoms with Crippen molar-refractivity contribution in [3.05, 3.63) is 85.3 Å². The van der Waals surface area contributed by atoms with Crippen molar-refractivity contribution in [2.24, 2.45) is 5.41 Å². The summed E-state index contributed by atoms with van der Waals surface area (Å²) >= 11 is 0. The lowest BCUT2D eigenvalue weighted by molar-refractivity contribution is -0.118. The van der Waals surface area contributed by atoms with Crippen LogP contribution in [0.25, 0.3) is 22.3 Å². The van der Waals surface area contributed by atoms with Crippen molar-refractivity contribution >= 4 is 15.6 Å². The van der Waals surface area contributed by atoms with Gasteiger partial charge in [-0.25, -0.2) is 8.42 Å². The Balaban J connectivity index is 0.00000400. The first-order chi connectivity index (χ1) is 17.5. The number of Topliss-reactive ketones (excluding diaryl/α,β-unsaturated/α-hetero) is 1. The molecule has 0 atom stereocenters. The van der Waals surface area contributed by atoms with Gasteiger partial charge in [-0.05, 0) is 64.6 Å². The van der Waals surface area contributed by atoms with Crippen LogP contribution in [0.4, 0.5) is 0 Å². The number of benzene rings is 3. The van der Waals surface area contributed by atoms with Gasteiger partial charge in [0.15, 0.2) is 9.84 Å². The van der Waals surface area contributed by atoms with Gasteiger partial charge in [0.2, 0.25) is 0 Å². The standard InChI is InChI=1S/C30H30O6S.CH4/c1-30(2,3)18-25(31)20-37(32,33)29-17-23(24-14-15-35-19-24)10-13-28(29)36-27-7-5-6-22(16-27)21-8-11-26(34-4)12-9-21;/h5-17,19H,18,20H2,1-4H3;1H4. The molecule has 0 unspecified atom stereocenters. The summed E-state index contributed by atoms with van der Waals surface area (Å²) in [5.41, 5.74) is 2.93. The highest BCUT2D eigenvalue weighted by atomic mass is 32.2. The molecule has 0 aliphatic carbocycles. The van der Waals surface area contributed by atoms with Crippen LogP contribution in [0.1, 0.15) is 34.6 Å². The third-order valence-corrected chi connectivity index (χ3v) is 7.39. The maximum Gasteiger partial charge on any atom is 0.189 e. The molecule has 38 heavy (non-hydrogen) atoms. The maximum absolute atomic E-state index is 13.5. The number of carbonyl (C=O) groups is 1. The van der Waals surface area contributed by atoms with Crippen molar-refractivity contribution in [1.82, 2.24) is 0 Å². The van der Waals surface area contributed by atoms with Crippen LogP contribution in [0, 0.1) is 5.41 Å². The number of methoxy groups -OCH3 is 1. The Bertz CT molecular complexity index is 1480.